The van der Waals surface area contributed by atoms with Crippen LogP contribution in [0.3, 0.4) is 0 Å². The smallest absolute Gasteiger partial charge is 0.147 e. The number of hydrogen-bond acceptors (Lipinski definition) is 3. The Balaban J connectivity index is 1.81. The van der Waals surface area contributed by atoms with Crippen LogP contribution >= 0.6 is 11.6 Å². The zero-order valence-corrected chi connectivity index (χ0v) is 11.8. The van der Waals surface area contributed by atoms with Crippen LogP contribution in [-0.4, -0.2) is 31.2 Å². The molecule has 0 atom stereocenters. The van der Waals surface area contributed by atoms with Gasteiger partial charge in [0.1, 0.15) is 5.82 Å². The SMILES string of the molecule is CCCNCC1CCN(c2ncccc2Cl)CC1. The van der Waals surface area contributed by atoms with Crippen molar-refractivity contribution in [2.45, 2.75) is 26.2 Å². The van der Waals surface area contributed by atoms with Gasteiger partial charge in [-0.1, -0.05) is 18.5 Å². The van der Waals surface area contributed by atoms with Crippen LogP contribution < -0.4 is 10.2 Å². The summed E-state index contributed by atoms with van der Waals surface area (Å²) in [6, 6.07) is 3.80. The average Bonchev–Trinajstić information content (AvgIpc) is 2.41. The Bertz CT molecular complexity index is 362. The summed E-state index contributed by atoms with van der Waals surface area (Å²) in [4.78, 5) is 6.68. The molecule has 0 amide bonds. The van der Waals surface area contributed by atoms with Crippen molar-refractivity contribution in [2.24, 2.45) is 5.92 Å². The summed E-state index contributed by atoms with van der Waals surface area (Å²) >= 11 is 6.18. The van der Waals surface area contributed by atoms with Crippen LogP contribution in [0.1, 0.15) is 26.2 Å². The molecule has 1 fully saturated rings. The second-order valence-corrected chi connectivity index (χ2v) is 5.35. The third kappa shape index (κ3) is 3.59. The highest BCUT2D eigenvalue weighted by Crippen LogP contribution is 2.26. The highest BCUT2D eigenvalue weighted by Gasteiger charge is 2.20. The first-order chi connectivity index (χ1) is 8.81. The molecule has 0 radical (unpaired) electrons. The molecule has 0 bridgehead atoms. The molecule has 0 unspecified atom stereocenters. The molecule has 1 aromatic heterocycles. The minimum absolute atomic E-state index is 0.764. The lowest BCUT2D eigenvalue weighted by Crippen LogP contribution is -2.38. The zero-order valence-electron chi connectivity index (χ0n) is 11.0. The van der Waals surface area contributed by atoms with Gasteiger partial charge in [0.05, 0.1) is 5.02 Å². The monoisotopic (exact) mass is 267 g/mol. The van der Waals surface area contributed by atoms with Gasteiger partial charge in [-0.25, -0.2) is 4.98 Å². The molecule has 4 heteroatoms. The number of halogens is 1. The molecular formula is C14H22ClN3. The van der Waals surface area contributed by atoms with Crippen LogP contribution in [0.5, 0.6) is 0 Å². The van der Waals surface area contributed by atoms with Crippen LogP contribution in [0, 0.1) is 5.92 Å². The van der Waals surface area contributed by atoms with Gasteiger partial charge in [-0.3, -0.25) is 0 Å². The van der Waals surface area contributed by atoms with Gasteiger partial charge in [0.15, 0.2) is 0 Å². The van der Waals surface area contributed by atoms with Crippen LogP contribution in [0.25, 0.3) is 0 Å². The summed E-state index contributed by atoms with van der Waals surface area (Å²) < 4.78 is 0. The van der Waals surface area contributed by atoms with Gasteiger partial charge in [0, 0.05) is 19.3 Å². The van der Waals surface area contributed by atoms with E-state index in [0.717, 1.165) is 42.9 Å². The number of aromatic nitrogens is 1. The largest absolute Gasteiger partial charge is 0.355 e. The molecule has 1 saturated heterocycles. The van der Waals surface area contributed by atoms with Gasteiger partial charge in [-0.15, -0.1) is 0 Å². The second kappa shape index (κ2) is 6.95. The average molecular weight is 268 g/mol. The van der Waals surface area contributed by atoms with E-state index in [1.165, 1.54) is 19.3 Å². The zero-order chi connectivity index (χ0) is 12.8. The maximum absolute atomic E-state index is 6.18. The van der Waals surface area contributed by atoms with E-state index in [2.05, 4.69) is 22.1 Å². The molecule has 18 heavy (non-hydrogen) atoms. The molecule has 1 N–H and O–H groups in total. The van der Waals surface area contributed by atoms with Gasteiger partial charge in [-0.05, 0) is 50.4 Å². The van der Waals surface area contributed by atoms with E-state index in [9.17, 15) is 0 Å². The van der Waals surface area contributed by atoms with E-state index >= 15 is 0 Å². The standard InChI is InChI=1S/C14H22ClN3/c1-2-7-16-11-12-5-9-18(10-6-12)14-13(15)4-3-8-17-14/h3-4,8,12,16H,2,5-7,9-11H2,1H3. The van der Waals surface area contributed by atoms with E-state index in [0.29, 0.717) is 0 Å². The Labute approximate surface area is 115 Å². The molecule has 1 aliphatic heterocycles. The van der Waals surface area contributed by atoms with Crippen molar-refractivity contribution < 1.29 is 0 Å². The second-order valence-electron chi connectivity index (χ2n) is 4.94. The van der Waals surface area contributed by atoms with Gasteiger partial charge in [-0.2, -0.15) is 0 Å². The Hall–Kier alpha value is -0.800. The van der Waals surface area contributed by atoms with Crippen LogP contribution in [0.2, 0.25) is 5.02 Å². The highest BCUT2D eigenvalue weighted by molar-refractivity contribution is 6.32. The molecule has 2 rings (SSSR count). The lowest BCUT2D eigenvalue weighted by atomic mass is 9.97. The Kier molecular flexibility index (Phi) is 5.26. The summed E-state index contributed by atoms with van der Waals surface area (Å²) in [5.74, 6) is 1.74. The predicted molar refractivity (Wildman–Crippen MR) is 77.3 cm³/mol. The third-order valence-corrected chi connectivity index (χ3v) is 3.81. The van der Waals surface area contributed by atoms with Crippen LogP contribution in [0.15, 0.2) is 18.3 Å². The quantitative estimate of drug-likeness (QED) is 0.832. The Morgan fingerprint density at radius 2 is 2.22 bits per heavy atom. The minimum atomic E-state index is 0.764. The van der Waals surface area contributed by atoms with E-state index in [-0.39, 0.29) is 0 Å². The fourth-order valence-electron chi connectivity index (χ4n) is 2.44. The molecule has 0 aromatic carbocycles. The number of nitrogens with zero attached hydrogens (tertiary/aromatic N) is 2. The minimum Gasteiger partial charge on any atom is -0.355 e. The first-order valence-electron chi connectivity index (χ1n) is 6.87. The van der Waals surface area contributed by atoms with E-state index in [1.807, 2.05) is 18.3 Å². The fourth-order valence-corrected chi connectivity index (χ4v) is 2.68. The molecular weight excluding hydrogens is 246 g/mol. The molecule has 0 spiro atoms. The number of anilines is 1. The van der Waals surface area contributed by atoms with Crippen molar-refractivity contribution >= 4 is 17.4 Å². The van der Waals surface area contributed by atoms with E-state index < -0.39 is 0 Å². The normalized spacial score (nSPS) is 17.1. The van der Waals surface area contributed by atoms with Gasteiger partial charge in [0.25, 0.3) is 0 Å². The first-order valence-corrected chi connectivity index (χ1v) is 7.25. The summed E-state index contributed by atoms with van der Waals surface area (Å²) in [6.45, 7) is 6.62. The number of rotatable bonds is 5. The fraction of sp³-hybridized carbons (Fsp3) is 0.643. The molecule has 100 valence electrons. The van der Waals surface area contributed by atoms with Crippen molar-refractivity contribution in [1.29, 1.82) is 0 Å². The molecule has 1 aliphatic rings. The van der Waals surface area contributed by atoms with Crippen molar-refractivity contribution in [1.82, 2.24) is 10.3 Å². The molecule has 2 heterocycles. The van der Waals surface area contributed by atoms with Crippen LogP contribution in [0.4, 0.5) is 5.82 Å². The third-order valence-electron chi connectivity index (χ3n) is 3.51. The molecule has 0 saturated carbocycles. The van der Waals surface area contributed by atoms with Crippen molar-refractivity contribution in [3.8, 4) is 0 Å². The summed E-state index contributed by atoms with van der Waals surface area (Å²) in [5, 5.41) is 4.27. The number of nitrogens with one attached hydrogen (secondary N) is 1. The molecule has 3 nitrogen and oxygen atoms in total. The molecule has 1 aromatic rings. The van der Waals surface area contributed by atoms with Crippen molar-refractivity contribution in [3.05, 3.63) is 23.4 Å². The lowest BCUT2D eigenvalue weighted by molar-refractivity contribution is 0.382. The maximum atomic E-state index is 6.18. The van der Waals surface area contributed by atoms with Crippen molar-refractivity contribution in [3.63, 3.8) is 0 Å². The Morgan fingerprint density at radius 3 is 2.89 bits per heavy atom. The summed E-state index contributed by atoms with van der Waals surface area (Å²) in [6.07, 6.45) is 5.48. The predicted octanol–water partition coefficient (Wildman–Crippen LogP) is 2.95. The van der Waals surface area contributed by atoms with E-state index in [4.69, 9.17) is 11.6 Å². The summed E-state index contributed by atoms with van der Waals surface area (Å²) in [5.41, 5.74) is 0. The van der Waals surface area contributed by atoms with Gasteiger partial charge >= 0.3 is 0 Å². The van der Waals surface area contributed by atoms with E-state index in [1.54, 1.807) is 0 Å². The summed E-state index contributed by atoms with van der Waals surface area (Å²) in [7, 11) is 0. The van der Waals surface area contributed by atoms with Crippen LogP contribution in [-0.2, 0) is 0 Å². The maximum Gasteiger partial charge on any atom is 0.147 e. The topological polar surface area (TPSA) is 28.2 Å². The van der Waals surface area contributed by atoms with Gasteiger partial charge in [0.2, 0.25) is 0 Å². The highest BCUT2D eigenvalue weighted by atomic mass is 35.5. The number of piperidine rings is 1. The number of pyridine rings is 1. The van der Waals surface area contributed by atoms with Crippen molar-refractivity contribution in [2.75, 3.05) is 31.1 Å². The molecule has 0 aliphatic carbocycles. The van der Waals surface area contributed by atoms with Gasteiger partial charge < -0.3 is 10.2 Å². The first kappa shape index (κ1) is 13.6. The Morgan fingerprint density at radius 1 is 1.44 bits per heavy atom. The number of hydrogen-bond donors (Lipinski definition) is 1. The lowest BCUT2D eigenvalue weighted by Gasteiger charge is -2.33.